The number of benzene rings is 1. The first-order valence-electron chi connectivity index (χ1n) is 7.45. The minimum Gasteiger partial charge on any atom is -0.382 e. The van der Waals surface area contributed by atoms with Crippen molar-refractivity contribution in [2.75, 3.05) is 0 Å². The van der Waals surface area contributed by atoms with Crippen LogP contribution in [0.5, 0.6) is 0 Å². The maximum Gasteiger partial charge on any atom is 0.216 e. The molecule has 25 heavy (non-hydrogen) atoms. The van der Waals surface area contributed by atoms with Crippen molar-refractivity contribution in [1.29, 1.82) is 0 Å². The summed E-state index contributed by atoms with van der Waals surface area (Å²) in [6.07, 6.45) is -0.692. The zero-order valence-corrected chi connectivity index (χ0v) is 15.5. The van der Waals surface area contributed by atoms with Crippen LogP contribution in [0.15, 0.2) is 53.9 Å². The van der Waals surface area contributed by atoms with Gasteiger partial charge in [-0.15, -0.1) is 22.7 Å². The molecule has 0 aliphatic carbocycles. The van der Waals surface area contributed by atoms with Crippen molar-refractivity contribution in [2.45, 2.75) is 18.4 Å². The van der Waals surface area contributed by atoms with Crippen molar-refractivity contribution in [2.24, 2.45) is 0 Å². The predicted octanol–water partition coefficient (Wildman–Crippen LogP) is 3.65. The first kappa shape index (κ1) is 18.2. The number of hydrogen-bond acceptors (Lipinski definition) is 5. The van der Waals surface area contributed by atoms with E-state index >= 15 is 0 Å². The van der Waals surface area contributed by atoms with Gasteiger partial charge in [0, 0.05) is 21.2 Å². The summed E-state index contributed by atoms with van der Waals surface area (Å²) in [5, 5.41) is 12.2. The van der Waals surface area contributed by atoms with Crippen LogP contribution in [0.2, 0.25) is 0 Å². The van der Waals surface area contributed by atoms with E-state index in [4.69, 9.17) is 0 Å². The average Bonchev–Trinajstić information content (AvgIpc) is 3.24. The van der Waals surface area contributed by atoms with Crippen LogP contribution < -0.4 is 4.72 Å². The van der Waals surface area contributed by atoms with Gasteiger partial charge in [0.25, 0.3) is 0 Å². The summed E-state index contributed by atoms with van der Waals surface area (Å²) in [6.45, 7) is 0.138. The lowest BCUT2D eigenvalue weighted by molar-refractivity contribution is 0.228. The fourth-order valence-electron chi connectivity index (χ4n) is 2.30. The zero-order valence-electron chi connectivity index (χ0n) is 13.1. The van der Waals surface area contributed by atoms with Crippen LogP contribution in [0.1, 0.15) is 26.3 Å². The lowest BCUT2D eigenvalue weighted by Gasteiger charge is -2.06. The fourth-order valence-corrected chi connectivity index (χ4v) is 5.25. The second-order valence-electron chi connectivity index (χ2n) is 5.43. The smallest absolute Gasteiger partial charge is 0.216 e. The van der Waals surface area contributed by atoms with Crippen LogP contribution in [-0.4, -0.2) is 13.5 Å². The summed E-state index contributed by atoms with van der Waals surface area (Å²) in [6, 6.07) is 12.9. The molecular weight excluding hydrogens is 381 g/mol. The second-order valence-corrected chi connectivity index (χ2v) is 9.42. The van der Waals surface area contributed by atoms with E-state index in [2.05, 4.69) is 4.72 Å². The third kappa shape index (κ3) is 4.96. The third-order valence-electron chi connectivity index (χ3n) is 3.48. The molecule has 3 rings (SSSR count). The second kappa shape index (κ2) is 7.76. The molecule has 2 heterocycles. The SMILES string of the molecule is O=S(=O)(Cc1cccc(F)c1)NCc1ccc(C(O)c2cccs2)s1. The van der Waals surface area contributed by atoms with Gasteiger partial charge < -0.3 is 5.11 Å². The minimum atomic E-state index is -3.57. The Morgan fingerprint density at radius 1 is 1.12 bits per heavy atom. The molecule has 0 amide bonds. The highest BCUT2D eigenvalue weighted by atomic mass is 32.2. The van der Waals surface area contributed by atoms with E-state index in [1.807, 2.05) is 17.5 Å². The van der Waals surface area contributed by atoms with Crippen molar-refractivity contribution in [3.8, 4) is 0 Å². The molecule has 0 aliphatic heterocycles. The maximum atomic E-state index is 13.2. The number of nitrogens with one attached hydrogen (secondary N) is 1. The standard InChI is InChI=1S/C17H16FNO3S3/c18-13-4-1-3-12(9-13)11-25(21,22)19-10-14-6-7-16(24-14)17(20)15-5-2-8-23-15/h1-9,17,19-20H,10-11H2. The van der Waals surface area contributed by atoms with E-state index < -0.39 is 21.9 Å². The quantitative estimate of drug-likeness (QED) is 0.640. The molecule has 132 valence electrons. The number of sulfonamides is 1. The summed E-state index contributed by atoms with van der Waals surface area (Å²) in [5.41, 5.74) is 0.396. The van der Waals surface area contributed by atoms with Gasteiger partial charge in [0.2, 0.25) is 10.0 Å². The van der Waals surface area contributed by atoms with Crippen LogP contribution >= 0.6 is 22.7 Å². The topological polar surface area (TPSA) is 66.4 Å². The molecule has 0 radical (unpaired) electrons. The van der Waals surface area contributed by atoms with Crippen LogP contribution in [0.3, 0.4) is 0 Å². The number of rotatable bonds is 7. The number of thiophene rings is 2. The molecule has 2 N–H and O–H groups in total. The van der Waals surface area contributed by atoms with Crippen LogP contribution in [-0.2, 0) is 22.3 Å². The Bertz CT molecular complexity index is 936. The molecule has 4 nitrogen and oxygen atoms in total. The Balaban J connectivity index is 1.61. The molecular formula is C17H16FNO3S3. The highest BCUT2D eigenvalue weighted by Crippen LogP contribution is 2.30. The number of halogens is 1. The number of hydrogen-bond donors (Lipinski definition) is 2. The number of aliphatic hydroxyl groups is 1. The Kier molecular flexibility index (Phi) is 5.65. The van der Waals surface area contributed by atoms with Gasteiger partial charge in [0.1, 0.15) is 11.9 Å². The lowest BCUT2D eigenvalue weighted by atomic mass is 10.2. The van der Waals surface area contributed by atoms with Crippen molar-refractivity contribution in [3.05, 3.63) is 79.9 Å². The van der Waals surface area contributed by atoms with Crippen LogP contribution in [0.4, 0.5) is 4.39 Å². The van der Waals surface area contributed by atoms with Crippen LogP contribution in [0, 0.1) is 5.82 Å². The summed E-state index contributed by atoms with van der Waals surface area (Å²) < 4.78 is 39.9. The van der Waals surface area contributed by atoms with Gasteiger partial charge >= 0.3 is 0 Å². The Labute approximate surface area is 153 Å². The largest absolute Gasteiger partial charge is 0.382 e. The summed E-state index contributed by atoms with van der Waals surface area (Å²) in [4.78, 5) is 2.41. The first-order valence-corrected chi connectivity index (χ1v) is 10.8. The summed E-state index contributed by atoms with van der Waals surface area (Å²) in [5.74, 6) is -0.737. The third-order valence-corrected chi connectivity index (χ3v) is 6.84. The molecule has 1 unspecified atom stereocenters. The van der Waals surface area contributed by atoms with Crippen molar-refractivity contribution < 1.29 is 17.9 Å². The van der Waals surface area contributed by atoms with E-state index in [9.17, 15) is 17.9 Å². The lowest BCUT2D eigenvalue weighted by Crippen LogP contribution is -2.24. The number of aliphatic hydroxyl groups excluding tert-OH is 1. The molecule has 2 aromatic heterocycles. The van der Waals surface area contributed by atoms with Gasteiger partial charge in [0.05, 0.1) is 5.75 Å². The molecule has 0 aliphatic rings. The minimum absolute atomic E-state index is 0.138. The van der Waals surface area contributed by atoms with E-state index in [0.717, 1.165) is 14.6 Å². The van der Waals surface area contributed by atoms with Gasteiger partial charge in [-0.25, -0.2) is 17.5 Å². The Hall–Kier alpha value is -1.58. The normalized spacial score (nSPS) is 13.0. The van der Waals surface area contributed by atoms with Gasteiger partial charge in [0.15, 0.2) is 0 Å². The maximum absolute atomic E-state index is 13.2. The van der Waals surface area contributed by atoms with Crippen molar-refractivity contribution in [3.63, 3.8) is 0 Å². The molecule has 1 aromatic carbocycles. The molecule has 0 saturated carbocycles. The molecule has 8 heteroatoms. The summed E-state index contributed by atoms with van der Waals surface area (Å²) in [7, 11) is -3.57. The average molecular weight is 398 g/mol. The van der Waals surface area contributed by atoms with E-state index in [1.165, 1.54) is 40.9 Å². The van der Waals surface area contributed by atoms with Gasteiger partial charge in [-0.1, -0.05) is 18.2 Å². The van der Waals surface area contributed by atoms with E-state index in [1.54, 1.807) is 18.2 Å². The van der Waals surface area contributed by atoms with E-state index in [-0.39, 0.29) is 12.3 Å². The highest BCUT2D eigenvalue weighted by Gasteiger charge is 2.16. The van der Waals surface area contributed by atoms with Crippen LogP contribution in [0.25, 0.3) is 0 Å². The first-order chi connectivity index (χ1) is 11.9. The molecule has 1 atom stereocenters. The fraction of sp³-hybridized carbons (Fsp3) is 0.176. The molecule has 0 bridgehead atoms. The molecule has 0 spiro atoms. The Morgan fingerprint density at radius 2 is 1.96 bits per heavy atom. The highest BCUT2D eigenvalue weighted by molar-refractivity contribution is 7.88. The van der Waals surface area contributed by atoms with Gasteiger partial charge in [-0.3, -0.25) is 0 Å². The van der Waals surface area contributed by atoms with Gasteiger partial charge in [-0.2, -0.15) is 0 Å². The summed E-state index contributed by atoms with van der Waals surface area (Å²) >= 11 is 2.83. The van der Waals surface area contributed by atoms with Gasteiger partial charge in [-0.05, 0) is 41.3 Å². The zero-order chi connectivity index (χ0) is 17.9. The van der Waals surface area contributed by atoms with Crippen molar-refractivity contribution >= 4 is 32.7 Å². The molecule has 0 saturated heterocycles. The van der Waals surface area contributed by atoms with Crippen molar-refractivity contribution in [1.82, 2.24) is 4.72 Å². The molecule has 3 aromatic rings. The van der Waals surface area contributed by atoms with E-state index in [0.29, 0.717) is 5.56 Å². The Morgan fingerprint density at radius 3 is 2.68 bits per heavy atom. The monoisotopic (exact) mass is 397 g/mol. The predicted molar refractivity (Wildman–Crippen MR) is 98.6 cm³/mol. The molecule has 0 fully saturated rings.